The Bertz CT molecular complexity index is 799. The smallest absolute Gasteiger partial charge is 0.270 e. The van der Waals surface area contributed by atoms with Gasteiger partial charge in [0.25, 0.3) is 11.6 Å². The summed E-state index contributed by atoms with van der Waals surface area (Å²) in [6, 6.07) is 8.63. The Labute approximate surface area is 158 Å². The minimum atomic E-state index is -0.585. The van der Waals surface area contributed by atoms with Crippen LogP contribution in [0.4, 0.5) is 5.69 Å². The monoisotopic (exact) mass is 402 g/mol. The highest BCUT2D eigenvalue weighted by atomic mass is 35.5. The maximum atomic E-state index is 12.1. The lowest BCUT2D eigenvalue weighted by molar-refractivity contribution is -0.384. The molecular weight excluding hydrogens is 391 g/mol. The van der Waals surface area contributed by atoms with Crippen LogP contribution in [0.15, 0.2) is 36.4 Å². The van der Waals surface area contributed by atoms with Gasteiger partial charge in [0, 0.05) is 24.7 Å². The van der Waals surface area contributed by atoms with E-state index in [2.05, 4.69) is 5.32 Å². The van der Waals surface area contributed by atoms with Crippen LogP contribution in [0.25, 0.3) is 0 Å². The molecule has 0 unspecified atom stereocenters. The molecule has 0 spiro atoms. The fraction of sp³-hybridized carbons (Fsp3) is 0.188. The SMILES string of the molecule is O=C(NCCCOc1ccc(Cl)c(Cl)c1)c1cc([N+](=O)[O-])ccc1Cl. The molecule has 1 N–H and O–H groups in total. The van der Waals surface area contributed by atoms with Crippen LogP contribution in [0.5, 0.6) is 5.75 Å². The normalized spacial score (nSPS) is 10.4. The van der Waals surface area contributed by atoms with Crippen LogP contribution >= 0.6 is 34.8 Å². The molecule has 0 bridgehead atoms. The predicted octanol–water partition coefficient (Wildman–Crippen LogP) is 4.75. The molecule has 2 aromatic rings. The fourth-order valence-electron chi connectivity index (χ4n) is 1.93. The van der Waals surface area contributed by atoms with Crippen LogP contribution in [0.1, 0.15) is 16.8 Å². The van der Waals surface area contributed by atoms with Crippen LogP contribution in [0.2, 0.25) is 15.1 Å². The second-order valence-electron chi connectivity index (χ2n) is 4.96. The molecule has 2 aromatic carbocycles. The fourth-order valence-corrected chi connectivity index (χ4v) is 2.42. The van der Waals surface area contributed by atoms with E-state index in [1.54, 1.807) is 18.2 Å². The first-order valence-corrected chi connectivity index (χ1v) is 8.32. The van der Waals surface area contributed by atoms with E-state index in [9.17, 15) is 14.9 Å². The van der Waals surface area contributed by atoms with E-state index in [1.807, 2.05) is 0 Å². The molecule has 25 heavy (non-hydrogen) atoms. The first-order chi connectivity index (χ1) is 11.9. The molecule has 9 heteroatoms. The Morgan fingerprint density at radius 2 is 1.80 bits per heavy atom. The third kappa shape index (κ3) is 5.49. The van der Waals surface area contributed by atoms with Gasteiger partial charge < -0.3 is 10.1 Å². The molecule has 0 atom stereocenters. The number of halogens is 3. The molecule has 0 aromatic heterocycles. The average Bonchev–Trinajstić information content (AvgIpc) is 2.57. The highest BCUT2D eigenvalue weighted by molar-refractivity contribution is 6.42. The Morgan fingerprint density at radius 3 is 2.48 bits per heavy atom. The Kier molecular flexibility index (Phi) is 6.87. The minimum absolute atomic E-state index is 0.0567. The average molecular weight is 404 g/mol. The highest BCUT2D eigenvalue weighted by Crippen LogP contribution is 2.26. The van der Waals surface area contributed by atoms with Gasteiger partial charge in [-0.05, 0) is 24.6 Å². The third-order valence-corrected chi connectivity index (χ3v) is 4.24. The summed E-state index contributed by atoms with van der Waals surface area (Å²) in [5.41, 5.74) is -0.140. The highest BCUT2D eigenvalue weighted by Gasteiger charge is 2.15. The first-order valence-electron chi connectivity index (χ1n) is 7.18. The number of hydrogen-bond donors (Lipinski definition) is 1. The summed E-state index contributed by atoms with van der Waals surface area (Å²) in [6.07, 6.45) is 0.526. The second-order valence-corrected chi connectivity index (χ2v) is 6.18. The van der Waals surface area contributed by atoms with Gasteiger partial charge in [0.2, 0.25) is 0 Å². The van der Waals surface area contributed by atoms with Crippen molar-refractivity contribution in [3.05, 3.63) is 67.1 Å². The van der Waals surface area contributed by atoms with Gasteiger partial charge in [-0.2, -0.15) is 0 Å². The zero-order valence-corrected chi connectivity index (χ0v) is 15.1. The molecule has 132 valence electrons. The van der Waals surface area contributed by atoms with Crippen molar-refractivity contribution >= 4 is 46.4 Å². The number of nitro groups is 1. The second kappa shape index (κ2) is 8.89. The zero-order chi connectivity index (χ0) is 18.4. The van der Waals surface area contributed by atoms with Crippen molar-refractivity contribution in [3.8, 4) is 5.75 Å². The van der Waals surface area contributed by atoms with Crippen molar-refractivity contribution < 1.29 is 14.5 Å². The summed E-state index contributed by atoms with van der Waals surface area (Å²) in [7, 11) is 0. The number of hydrogen-bond acceptors (Lipinski definition) is 4. The number of carbonyl (C=O) groups excluding carboxylic acids is 1. The molecular formula is C16H13Cl3N2O4. The molecule has 0 aliphatic carbocycles. The number of amides is 1. The molecule has 6 nitrogen and oxygen atoms in total. The van der Waals surface area contributed by atoms with Gasteiger partial charge in [0.05, 0.1) is 32.2 Å². The van der Waals surface area contributed by atoms with Gasteiger partial charge in [-0.15, -0.1) is 0 Å². The predicted molar refractivity (Wildman–Crippen MR) is 97.0 cm³/mol. The lowest BCUT2D eigenvalue weighted by Gasteiger charge is -2.09. The van der Waals surface area contributed by atoms with Crippen molar-refractivity contribution in [3.63, 3.8) is 0 Å². The van der Waals surface area contributed by atoms with Crippen molar-refractivity contribution in [1.29, 1.82) is 0 Å². The molecule has 2 rings (SSSR count). The zero-order valence-electron chi connectivity index (χ0n) is 12.8. The van der Waals surface area contributed by atoms with E-state index in [0.29, 0.717) is 35.4 Å². The molecule has 0 heterocycles. The van der Waals surface area contributed by atoms with Crippen molar-refractivity contribution in [2.75, 3.05) is 13.2 Å². The van der Waals surface area contributed by atoms with E-state index in [-0.39, 0.29) is 16.3 Å². The molecule has 1 amide bonds. The number of nitro benzene ring substituents is 1. The number of benzene rings is 2. The van der Waals surface area contributed by atoms with Crippen LogP contribution in [0.3, 0.4) is 0 Å². The van der Waals surface area contributed by atoms with Gasteiger partial charge in [0.1, 0.15) is 5.75 Å². The molecule has 0 fully saturated rings. The Balaban J connectivity index is 1.81. The van der Waals surface area contributed by atoms with Gasteiger partial charge in [-0.3, -0.25) is 14.9 Å². The number of nitrogens with zero attached hydrogens (tertiary/aromatic N) is 1. The van der Waals surface area contributed by atoms with E-state index < -0.39 is 10.8 Å². The van der Waals surface area contributed by atoms with Gasteiger partial charge >= 0.3 is 0 Å². The van der Waals surface area contributed by atoms with Crippen molar-refractivity contribution in [1.82, 2.24) is 5.32 Å². The van der Waals surface area contributed by atoms with Gasteiger partial charge in [-0.25, -0.2) is 0 Å². The van der Waals surface area contributed by atoms with E-state index in [1.165, 1.54) is 12.1 Å². The lowest BCUT2D eigenvalue weighted by atomic mass is 10.2. The number of carbonyl (C=O) groups is 1. The maximum absolute atomic E-state index is 12.1. The first kappa shape index (κ1) is 19.3. The minimum Gasteiger partial charge on any atom is -0.493 e. The van der Waals surface area contributed by atoms with Crippen LogP contribution in [-0.4, -0.2) is 24.0 Å². The third-order valence-electron chi connectivity index (χ3n) is 3.17. The lowest BCUT2D eigenvalue weighted by Crippen LogP contribution is -2.26. The van der Waals surface area contributed by atoms with Crippen LogP contribution in [-0.2, 0) is 0 Å². The Morgan fingerprint density at radius 1 is 1.08 bits per heavy atom. The maximum Gasteiger partial charge on any atom is 0.270 e. The molecule has 0 saturated heterocycles. The summed E-state index contributed by atoms with van der Waals surface area (Å²) in [6.45, 7) is 0.667. The summed E-state index contributed by atoms with van der Waals surface area (Å²) in [4.78, 5) is 22.2. The molecule has 0 saturated carbocycles. The standard InChI is InChI=1S/C16H13Cl3N2O4/c17-13-4-2-10(21(23)24)8-12(13)16(22)20-6-1-7-25-11-3-5-14(18)15(19)9-11/h2-5,8-9H,1,6-7H2,(H,20,22). The van der Waals surface area contributed by atoms with Crippen LogP contribution in [0, 0.1) is 10.1 Å². The van der Waals surface area contributed by atoms with Crippen molar-refractivity contribution in [2.24, 2.45) is 0 Å². The molecule has 0 radical (unpaired) electrons. The summed E-state index contributed by atoms with van der Waals surface area (Å²) < 4.78 is 5.49. The topological polar surface area (TPSA) is 81.5 Å². The van der Waals surface area contributed by atoms with E-state index in [0.717, 1.165) is 6.07 Å². The summed E-state index contributed by atoms with van der Waals surface area (Å²) >= 11 is 17.6. The quantitative estimate of drug-likeness (QED) is 0.411. The summed E-state index contributed by atoms with van der Waals surface area (Å²) in [5.74, 6) is 0.0886. The van der Waals surface area contributed by atoms with Crippen molar-refractivity contribution in [2.45, 2.75) is 6.42 Å². The van der Waals surface area contributed by atoms with Gasteiger partial charge in [0.15, 0.2) is 0 Å². The largest absolute Gasteiger partial charge is 0.493 e. The number of ether oxygens (including phenoxy) is 1. The van der Waals surface area contributed by atoms with Gasteiger partial charge in [-0.1, -0.05) is 34.8 Å². The Hall–Kier alpha value is -2.02. The number of rotatable bonds is 7. The van der Waals surface area contributed by atoms with E-state index in [4.69, 9.17) is 39.5 Å². The summed E-state index contributed by atoms with van der Waals surface area (Å²) in [5, 5.41) is 14.4. The number of non-ortho nitro benzene ring substituents is 1. The molecule has 0 aliphatic heterocycles. The van der Waals surface area contributed by atoms with Crippen LogP contribution < -0.4 is 10.1 Å². The number of nitrogens with one attached hydrogen (secondary N) is 1. The molecule has 0 aliphatic rings. The van der Waals surface area contributed by atoms with E-state index >= 15 is 0 Å².